The third-order valence-electron chi connectivity index (χ3n) is 5.10. The molecule has 0 saturated carbocycles. The summed E-state index contributed by atoms with van der Waals surface area (Å²) >= 11 is 0. The first-order valence-corrected chi connectivity index (χ1v) is 10.3. The molecule has 0 fully saturated rings. The Morgan fingerprint density at radius 1 is 1.06 bits per heavy atom. The van der Waals surface area contributed by atoms with Crippen LogP contribution < -0.4 is 4.74 Å². The number of carbonyl (C=O) groups is 2. The molecule has 2 aromatic carbocycles. The van der Waals surface area contributed by atoms with Crippen molar-refractivity contribution < 1.29 is 24.2 Å². The summed E-state index contributed by atoms with van der Waals surface area (Å²) < 4.78 is 12.6. The van der Waals surface area contributed by atoms with Crippen LogP contribution in [0.3, 0.4) is 0 Å². The Labute approximate surface area is 187 Å². The number of rotatable bonds is 10. The lowest BCUT2D eigenvalue weighted by atomic mass is 10.1. The molecule has 0 aliphatic carbocycles. The van der Waals surface area contributed by atoms with Crippen LogP contribution in [0.4, 0.5) is 0 Å². The number of aliphatic carboxylic acids is 1. The molecule has 6 nitrogen and oxygen atoms in total. The molecular formula is C26H27NO5. The molecule has 166 valence electrons. The minimum absolute atomic E-state index is 0.0593. The highest BCUT2D eigenvalue weighted by molar-refractivity contribution is 6.08. The molecule has 3 rings (SSSR count). The normalized spacial score (nSPS) is 11.6. The summed E-state index contributed by atoms with van der Waals surface area (Å²) in [6, 6.07) is 18.5. The van der Waals surface area contributed by atoms with Crippen molar-refractivity contribution in [1.82, 2.24) is 4.57 Å². The number of ether oxygens (including phenoxy) is 2. The molecule has 0 unspecified atom stereocenters. The Kier molecular flexibility index (Phi) is 7.28. The fourth-order valence-electron chi connectivity index (χ4n) is 3.04. The van der Waals surface area contributed by atoms with E-state index in [1.54, 1.807) is 25.3 Å². The maximum Gasteiger partial charge on any atom is 0.335 e. The molecule has 1 heterocycles. The summed E-state index contributed by atoms with van der Waals surface area (Å²) in [5.41, 5.74) is 1.86. The van der Waals surface area contributed by atoms with Crippen LogP contribution in [-0.4, -0.2) is 34.1 Å². The van der Waals surface area contributed by atoms with E-state index in [2.05, 4.69) is 0 Å². The average Bonchev–Trinajstić information content (AvgIpc) is 3.26. The van der Waals surface area contributed by atoms with Gasteiger partial charge in [0.25, 0.3) is 0 Å². The molecule has 1 aromatic heterocycles. The lowest BCUT2D eigenvalue weighted by Crippen LogP contribution is -2.34. The summed E-state index contributed by atoms with van der Waals surface area (Å²) in [7, 11) is 1.58. The third kappa shape index (κ3) is 5.74. The van der Waals surface area contributed by atoms with Gasteiger partial charge in [0.2, 0.25) is 5.78 Å². The van der Waals surface area contributed by atoms with Gasteiger partial charge in [-0.1, -0.05) is 48.6 Å². The molecule has 0 radical (unpaired) electrons. The average molecular weight is 434 g/mol. The van der Waals surface area contributed by atoms with Gasteiger partial charge in [-0.05, 0) is 49.2 Å². The fraction of sp³-hybridized carbons (Fsp3) is 0.231. The van der Waals surface area contributed by atoms with Gasteiger partial charge in [-0.25, -0.2) is 4.79 Å². The second-order valence-electron chi connectivity index (χ2n) is 7.85. The van der Waals surface area contributed by atoms with Crippen molar-refractivity contribution in [2.24, 2.45) is 0 Å². The van der Waals surface area contributed by atoms with Crippen LogP contribution in [0.25, 0.3) is 6.08 Å². The predicted molar refractivity (Wildman–Crippen MR) is 123 cm³/mol. The van der Waals surface area contributed by atoms with Crippen LogP contribution in [0.5, 0.6) is 5.75 Å². The lowest BCUT2D eigenvalue weighted by molar-refractivity contribution is -0.162. The van der Waals surface area contributed by atoms with E-state index >= 15 is 0 Å². The first-order chi connectivity index (χ1) is 15.3. The van der Waals surface area contributed by atoms with Crippen molar-refractivity contribution in [3.63, 3.8) is 0 Å². The topological polar surface area (TPSA) is 77.8 Å². The second kappa shape index (κ2) is 10.1. The van der Waals surface area contributed by atoms with E-state index in [9.17, 15) is 9.59 Å². The van der Waals surface area contributed by atoms with Gasteiger partial charge in [-0.2, -0.15) is 0 Å². The Hall–Kier alpha value is -3.64. The fourth-order valence-corrected chi connectivity index (χ4v) is 3.04. The molecule has 0 spiro atoms. The molecule has 0 saturated heterocycles. The molecule has 0 aliphatic rings. The molecule has 1 N–H and O–H groups in total. The van der Waals surface area contributed by atoms with Crippen molar-refractivity contribution in [3.05, 3.63) is 95.3 Å². The zero-order valence-electron chi connectivity index (χ0n) is 18.4. The molecule has 0 amide bonds. The van der Waals surface area contributed by atoms with Gasteiger partial charge in [0.15, 0.2) is 5.60 Å². The van der Waals surface area contributed by atoms with Gasteiger partial charge in [-0.15, -0.1) is 0 Å². The van der Waals surface area contributed by atoms with Crippen LogP contribution in [0, 0.1) is 0 Å². The minimum Gasteiger partial charge on any atom is -0.497 e. The van der Waals surface area contributed by atoms with Crippen LogP contribution in [0.15, 0.2) is 72.9 Å². The quantitative estimate of drug-likeness (QED) is 0.464. The highest BCUT2D eigenvalue weighted by Gasteiger charge is 2.27. The van der Waals surface area contributed by atoms with Crippen molar-refractivity contribution in [2.75, 3.05) is 7.11 Å². The largest absolute Gasteiger partial charge is 0.497 e. The van der Waals surface area contributed by atoms with Crippen molar-refractivity contribution in [2.45, 2.75) is 32.6 Å². The molecular weight excluding hydrogens is 406 g/mol. The molecule has 0 aliphatic heterocycles. The van der Waals surface area contributed by atoms with Gasteiger partial charge in [-0.3, -0.25) is 4.79 Å². The number of methoxy groups -OCH3 is 1. The third-order valence-corrected chi connectivity index (χ3v) is 5.10. The highest BCUT2D eigenvalue weighted by atomic mass is 16.5. The molecule has 6 heteroatoms. The summed E-state index contributed by atoms with van der Waals surface area (Å²) in [4.78, 5) is 24.0. The maximum atomic E-state index is 12.9. The minimum atomic E-state index is -1.23. The Morgan fingerprint density at radius 2 is 1.81 bits per heavy atom. The van der Waals surface area contributed by atoms with Crippen molar-refractivity contribution in [3.8, 4) is 5.75 Å². The van der Waals surface area contributed by atoms with E-state index in [0.29, 0.717) is 23.6 Å². The van der Waals surface area contributed by atoms with E-state index in [0.717, 1.165) is 11.1 Å². The Balaban J connectivity index is 1.62. The van der Waals surface area contributed by atoms with Crippen molar-refractivity contribution in [1.29, 1.82) is 0 Å². The number of hydrogen-bond acceptors (Lipinski definition) is 4. The zero-order chi connectivity index (χ0) is 23.1. The number of carbonyl (C=O) groups excluding carboxylic acids is 1. The highest BCUT2D eigenvalue weighted by Crippen LogP contribution is 2.18. The first-order valence-electron chi connectivity index (χ1n) is 10.3. The van der Waals surface area contributed by atoms with Crippen LogP contribution >= 0.6 is 0 Å². The van der Waals surface area contributed by atoms with Crippen LogP contribution in [0.2, 0.25) is 0 Å². The van der Waals surface area contributed by atoms with Gasteiger partial charge in [0.05, 0.1) is 19.4 Å². The number of carboxylic acids is 1. The number of hydrogen-bond donors (Lipinski definition) is 1. The van der Waals surface area contributed by atoms with Gasteiger partial charge >= 0.3 is 5.97 Å². The van der Waals surface area contributed by atoms with Gasteiger partial charge < -0.3 is 19.1 Å². The monoisotopic (exact) mass is 433 g/mol. The number of nitrogens with zero attached hydrogens (tertiary/aromatic N) is 1. The Morgan fingerprint density at radius 3 is 2.50 bits per heavy atom. The van der Waals surface area contributed by atoms with E-state index in [1.807, 2.05) is 65.4 Å². The standard InChI is InChI=1S/C26H27NO5/c1-26(2,25(29)30)32-18-20-13-11-19(12-14-20)7-5-15-27-16-6-10-23(27)24(28)21-8-4-9-22(17-21)31-3/h4-14,16-17H,15,18H2,1-3H3,(H,29,30)/b7-5+. The molecule has 0 atom stereocenters. The molecule has 3 aromatic rings. The first kappa shape index (κ1) is 23.0. The molecule has 32 heavy (non-hydrogen) atoms. The zero-order valence-corrected chi connectivity index (χ0v) is 18.4. The van der Waals surface area contributed by atoms with Crippen LogP contribution in [-0.2, 0) is 22.7 Å². The summed E-state index contributed by atoms with van der Waals surface area (Å²) in [5, 5.41) is 9.12. The van der Waals surface area contributed by atoms with E-state index in [4.69, 9.17) is 14.6 Å². The molecule has 0 bridgehead atoms. The predicted octanol–water partition coefficient (Wildman–Crippen LogP) is 4.82. The Bertz CT molecular complexity index is 1110. The number of carboxylic acid groups (broad SMARTS) is 1. The maximum absolute atomic E-state index is 12.9. The number of ketones is 1. The summed E-state index contributed by atoms with van der Waals surface area (Å²) in [6.07, 6.45) is 5.84. The number of benzene rings is 2. The van der Waals surface area contributed by atoms with Gasteiger partial charge in [0, 0.05) is 18.3 Å². The number of aromatic nitrogens is 1. The van der Waals surface area contributed by atoms with Gasteiger partial charge in [0.1, 0.15) is 5.75 Å². The SMILES string of the molecule is COc1cccc(C(=O)c2cccn2C/C=C/c2ccc(COC(C)(C)C(=O)O)cc2)c1. The summed E-state index contributed by atoms with van der Waals surface area (Å²) in [5.74, 6) is -0.406. The van der Waals surface area contributed by atoms with E-state index < -0.39 is 11.6 Å². The number of allylic oxidation sites excluding steroid dienone is 1. The van der Waals surface area contributed by atoms with Crippen LogP contribution in [0.1, 0.15) is 41.0 Å². The smallest absolute Gasteiger partial charge is 0.335 e. The second-order valence-corrected chi connectivity index (χ2v) is 7.85. The summed E-state index contributed by atoms with van der Waals surface area (Å²) in [6.45, 7) is 3.83. The lowest BCUT2D eigenvalue weighted by Gasteiger charge is -2.20. The van der Waals surface area contributed by atoms with E-state index in [-0.39, 0.29) is 12.4 Å². The van der Waals surface area contributed by atoms with E-state index in [1.165, 1.54) is 13.8 Å². The van der Waals surface area contributed by atoms with Crippen molar-refractivity contribution >= 4 is 17.8 Å².